The molecule has 106 valence electrons. The normalized spacial score (nSPS) is 20.7. The topological polar surface area (TPSA) is 15.3 Å². The van der Waals surface area contributed by atoms with E-state index in [0.29, 0.717) is 6.04 Å². The van der Waals surface area contributed by atoms with Gasteiger partial charge in [-0.05, 0) is 51.5 Å². The van der Waals surface area contributed by atoms with Crippen LogP contribution in [0, 0.1) is 5.82 Å². The zero-order chi connectivity index (χ0) is 13.7. The smallest absolute Gasteiger partial charge is 0.128 e. The zero-order valence-electron chi connectivity index (χ0n) is 11.5. The summed E-state index contributed by atoms with van der Waals surface area (Å²) >= 11 is 3.31. The van der Waals surface area contributed by atoms with Gasteiger partial charge in [0, 0.05) is 22.6 Å². The van der Waals surface area contributed by atoms with Gasteiger partial charge in [-0.1, -0.05) is 28.4 Å². The van der Waals surface area contributed by atoms with Gasteiger partial charge in [-0.2, -0.15) is 0 Å². The molecule has 2 nitrogen and oxygen atoms in total. The quantitative estimate of drug-likeness (QED) is 0.889. The lowest BCUT2D eigenvalue weighted by Gasteiger charge is -2.36. The number of nitrogens with one attached hydrogen (secondary N) is 1. The summed E-state index contributed by atoms with van der Waals surface area (Å²) < 4.78 is 14.7. The molecule has 0 spiro atoms. The lowest BCUT2D eigenvalue weighted by Crippen LogP contribution is -2.40. The zero-order valence-corrected chi connectivity index (χ0v) is 13.0. The van der Waals surface area contributed by atoms with Gasteiger partial charge in [0.1, 0.15) is 5.82 Å². The van der Waals surface area contributed by atoms with Crippen molar-refractivity contribution in [1.29, 1.82) is 0 Å². The van der Waals surface area contributed by atoms with Gasteiger partial charge in [0.25, 0.3) is 0 Å². The minimum absolute atomic E-state index is 0.104. The fraction of sp³-hybridized carbons (Fsp3) is 0.600. The van der Waals surface area contributed by atoms with Crippen molar-refractivity contribution in [2.24, 2.45) is 0 Å². The Kier molecular flexibility index (Phi) is 5.79. The first-order valence-electron chi connectivity index (χ1n) is 7.03. The van der Waals surface area contributed by atoms with Crippen LogP contribution >= 0.6 is 15.9 Å². The van der Waals surface area contributed by atoms with Crippen LogP contribution in [0.3, 0.4) is 0 Å². The van der Waals surface area contributed by atoms with E-state index in [2.05, 4.69) is 26.1 Å². The van der Waals surface area contributed by atoms with E-state index in [0.717, 1.165) is 36.1 Å². The maximum atomic E-state index is 13.9. The monoisotopic (exact) mass is 328 g/mol. The van der Waals surface area contributed by atoms with Gasteiger partial charge < -0.3 is 5.32 Å². The molecule has 1 aliphatic heterocycles. The molecule has 0 aliphatic carbocycles. The number of hydrogen-bond donors (Lipinski definition) is 1. The lowest BCUT2D eigenvalue weighted by molar-refractivity contribution is 0.131. The Bertz CT molecular complexity index is 411. The minimum atomic E-state index is -0.104. The van der Waals surface area contributed by atoms with Crippen molar-refractivity contribution < 1.29 is 4.39 Å². The molecule has 0 aromatic heterocycles. The third kappa shape index (κ3) is 4.26. The molecule has 19 heavy (non-hydrogen) atoms. The van der Waals surface area contributed by atoms with E-state index in [1.807, 2.05) is 19.2 Å². The summed E-state index contributed by atoms with van der Waals surface area (Å²) in [5.74, 6) is -0.104. The summed E-state index contributed by atoms with van der Waals surface area (Å²) in [5, 5.41) is 3.21. The van der Waals surface area contributed by atoms with Crippen LogP contribution in [-0.2, 0) is 6.54 Å². The van der Waals surface area contributed by atoms with Crippen LogP contribution in [0.1, 0.15) is 31.2 Å². The van der Waals surface area contributed by atoms with E-state index < -0.39 is 0 Å². The second-order valence-electron chi connectivity index (χ2n) is 5.25. The molecule has 1 N–H and O–H groups in total. The molecule has 1 aliphatic rings. The molecule has 1 heterocycles. The number of benzene rings is 1. The van der Waals surface area contributed by atoms with E-state index in [1.165, 1.54) is 19.3 Å². The molecule has 0 radical (unpaired) electrons. The summed E-state index contributed by atoms with van der Waals surface area (Å²) in [4.78, 5) is 2.44. The van der Waals surface area contributed by atoms with Crippen LogP contribution in [0.4, 0.5) is 4.39 Å². The SMILES string of the molecule is CNCCC1CCCCN1Cc1ccc(Br)cc1F. The first-order chi connectivity index (χ1) is 9.20. The first-order valence-corrected chi connectivity index (χ1v) is 7.82. The van der Waals surface area contributed by atoms with E-state index >= 15 is 0 Å². The van der Waals surface area contributed by atoms with Crippen LogP contribution in [-0.4, -0.2) is 31.1 Å². The highest BCUT2D eigenvalue weighted by molar-refractivity contribution is 9.10. The Hall–Kier alpha value is -0.450. The molecular formula is C15H22BrFN2. The van der Waals surface area contributed by atoms with Gasteiger partial charge in [0.2, 0.25) is 0 Å². The highest BCUT2D eigenvalue weighted by Gasteiger charge is 2.22. The molecule has 1 fully saturated rings. The third-order valence-corrected chi connectivity index (χ3v) is 4.36. The lowest BCUT2D eigenvalue weighted by atomic mass is 9.98. The Morgan fingerprint density at radius 1 is 1.42 bits per heavy atom. The highest BCUT2D eigenvalue weighted by atomic mass is 79.9. The van der Waals surface area contributed by atoms with E-state index in [1.54, 1.807) is 6.07 Å². The summed E-state index contributed by atoms with van der Waals surface area (Å²) in [5.41, 5.74) is 0.805. The number of nitrogens with zero attached hydrogens (tertiary/aromatic N) is 1. The Balaban J connectivity index is 2.02. The predicted octanol–water partition coefficient (Wildman–Crippen LogP) is 3.55. The van der Waals surface area contributed by atoms with E-state index in [-0.39, 0.29) is 5.82 Å². The molecule has 0 bridgehead atoms. The fourth-order valence-corrected chi connectivity index (χ4v) is 3.11. The molecular weight excluding hydrogens is 307 g/mol. The van der Waals surface area contributed by atoms with Crippen molar-refractivity contribution in [2.45, 2.75) is 38.3 Å². The van der Waals surface area contributed by atoms with Crippen molar-refractivity contribution in [3.05, 3.63) is 34.1 Å². The standard InChI is InChI=1S/C15H22BrFN2/c1-18-8-7-14-4-2-3-9-19(14)11-12-5-6-13(16)10-15(12)17/h5-6,10,14,18H,2-4,7-9,11H2,1H3. The average Bonchev–Trinajstić information content (AvgIpc) is 2.41. The number of halogens is 2. The molecule has 2 rings (SSSR count). The molecule has 1 aromatic rings. The van der Waals surface area contributed by atoms with E-state index in [4.69, 9.17) is 0 Å². The Morgan fingerprint density at radius 3 is 3.00 bits per heavy atom. The van der Waals surface area contributed by atoms with Gasteiger partial charge in [-0.25, -0.2) is 4.39 Å². The third-order valence-electron chi connectivity index (χ3n) is 3.87. The largest absolute Gasteiger partial charge is 0.320 e. The van der Waals surface area contributed by atoms with E-state index in [9.17, 15) is 4.39 Å². The second kappa shape index (κ2) is 7.36. The van der Waals surface area contributed by atoms with Gasteiger partial charge in [0.15, 0.2) is 0 Å². The van der Waals surface area contributed by atoms with Crippen molar-refractivity contribution in [2.75, 3.05) is 20.1 Å². The summed E-state index contributed by atoms with van der Waals surface area (Å²) in [7, 11) is 1.99. The summed E-state index contributed by atoms with van der Waals surface area (Å²) in [6.45, 7) is 2.85. The van der Waals surface area contributed by atoms with Crippen molar-refractivity contribution in [1.82, 2.24) is 10.2 Å². The summed E-state index contributed by atoms with van der Waals surface area (Å²) in [6, 6.07) is 5.96. The number of piperidine rings is 1. The van der Waals surface area contributed by atoms with Crippen LogP contribution in [0.25, 0.3) is 0 Å². The van der Waals surface area contributed by atoms with Gasteiger partial charge in [-0.15, -0.1) is 0 Å². The van der Waals surface area contributed by atoms with Crippen molar-refractivity contribution >= 4 is 15.9 Å². The maximum Gasteiger partial charge on any atom is 0.128 e. The maximum absolute atomic E-state index is 13.9. The number of hydrogen-bond acceptors (Lipinski definition) is 2. The first kappa shape index (κ1) is 14.9. The highest BCUT2D eigenvalue weighted by Crippen LogP contribution is 2.23. The van der Waals surface area contributed by atoms with Crippen LogP contribution < -0.4 is 5.32 Å². The molecule has 1 saturated heterocycles. The van der Waals surface area contributed by atoms with Crippen molar-refractivity contribution in [3.63, 3.8) is 0 Å². The Morgan fingerprint density at radius 2 is 2.26 bits per heavy atom. The van der Waals surface area contributed by atoms with Crippen LogP contribution in [0.2, 0.25) is 0 Å². The Labute approximate surface area is 123 Å². The van der Waals surface area contributed by atoms with Gasteiger partial charge in [0.05, 0.1) is 0 Å². The molecule has 0 amide bonds. The van der Waals surface area contributed by atoms with Crippen LogP contribution in [0.5, 0.6) is 0 Å². The predicted molar refractivity (Wildman–Crippen MR) is 80.7 cm³/mol. The second-order valence-corrected chi connectivity index (χ2v) is 6.16. The van der Waals surface area contributed by atoms with Crippen molar-refractivity contribution in [3.8, 4) is 0 Å². The molecule has 1 aromatic carbocycles. The molecule has 0 saturated carbocycles. The number of rotatable bonds is 5. The van der Waals surface area contributed by atoms with Gasteiger partial charge in [-0.3, -0.25) is 4.90 Å². The summed E-state index contributed by atoms with van der Waals surface area (Å²) in [6.07, 6.45) is 4.91. The number of likely N-dealkylation sites (tertiary alicyclic amines) is 1. The molecule has 1 unspecified atom stereocenters. The van der Waals surface area contributed by atoms with Gasteiger partial charge >= 0.3 is 0 Å². The fourth-order valence-electron chi connectivity index (χ4n) is 2.77. The van der Waals surface area contributed by atoms with Crippen LogP contribution in [0.15, 0.2) is 22.7 Å². The molecule has 4 heteroatoms. The minimum Gasteiger partial charge on any atom is -0.320 e. The average molecular weight is 329 g/mol. The molecule has 1 atom stereocenters.